The summed E-state index contributed by atoms with van der Waals surface area (Å²) in [4.78, 5) is 28.9. The Morgan fingerprint density at radius 3 is 2.45 bits per heavy atom. The third kappa shape index (κ3) is 6.43. The molecule has 0 aliphatic carbocycles. The van der Waals surface area contributed by atoms with Gasteiger partial charge in [0.1, 0.15) is 5.75 Å². The molecule has 0 radical (unpaired) electrons. The largest absolute Gasteiger partial charge is 0.493 e. The van der Waals surface area contributed by atoms with Gasteiger partial charge >= 0.3 is 0 Å². The summed E-state index contributed by atoms with van der Waals surface area (Å²) in [6, 6.07) is 15.5. The number of benzene rings is 2. The molecule has 6 nitrogen and oxygen atoms in total. The second kappa shape index (κ2) is 11.3. The minimum Gasteiger partial charge on any atom is -0.493 e. The SMILES string of the molecule is CCOc1ccccc1/C=C/C(=O)N1CCN(CC(=O)Nc2ccccc2CC)CC1. The van der Waals surface area contributed by atoms with Crippen LogP contribution in [0.25, 0.3) is 6.08 Å². The Morgan fingerprint density at radius 1 is 1.00 bits per heavy atom. The Bertz CT molecular complexity index is 918. The molecule has 0 bridgehead atoms. The minimum atomic E-state index is -0.0210. The van der Waals surface area contributed by atoms with E-state index in [4.69, 9.17) is 4.74 Å². The van der Waals surface area contributed by atoms with E-state index in [1.807, 2.05) is 60.4 Å². The normalized spacial score (nSPS) is 14.6. The van der Waals surface area contributed by atoms with Crippen LogP contribution in [0.4, 0.5) is 5.69 Å². The van der Waals surface area contributed by atoms with Gasteiger partial charge in [0.05, 0.1) is 13.2 Å². The first-order valence-corrected chi connectivity index (χ1v) is 10.9. The van der Waals surface area contributed by atoms with Crippen LogP contribution < -0.4 is 10.1 Å². The van der Waals surface area contributed by atoms with Gasteiger partial charge in [0, 0.05) is 43.5 Å². The molecule has 3 rings (SSSR count). The van der Waals surface area contributed by atoms with Crippen molar-refractivity contribution in [3.63, 3.8) is 0 Å². The first-order chi connectivity index (χ1) is 15.1. The molecule has 0 aromatic heterocycles. The average molecular weight is 422 g/mol. The van der Waals surface area contributed by atoms with Crippen LogP contribution in [-0.4, -0.2) is 60.9 Å². The van der Waals surface area contributed by atoms with Crippen molar-refractivity contribution < 1.29 is 14.3 Å². The Balaban J connectivity index is 1.48. The van der Waals surface area contributed by atoms with E-state index < -0.39 is 0 Å². The summed E-state index contributed by atoms with van der Waals surface area (Å²) in [7, 11) is 0. The highest BCUT2D eigenvalue weighted by Gasteiger charge is 2.21. The molecule has 0 atom stereocenters. The molecule has 1 N–H and O–H groups in total. The zero-order valence-electron chi connectivity index (χ0n) is 18.3. The number of amides is 2. The van der Waals surface area contributed by atoms with Gasteiger partial charge in [-0.3, -0.25) is 14.5 Å². The topological polar surface area (TPSA) is 61.9 Å². The second-order valence-corrected chi connectivity index (χ2v) is 7.46. The fourth-order valence-corrected chi connectivity index (χ4v) is 3.64. The molecular formula is C25H31N3O3. The zero-order chi connectivity index (χ0) is 22.1. The molecule has 0 spiro atoms. The van der Waals surface area contributed by atoms with Gasteiger partial charge in [-0.15, -0.1) is 0 Å². The molecule has 1 heterocycles. The number of anilines is 1. The van der Waals surface area contributed by atoms with E-state index in [-0.39, 0.29) is 11.8 Å². The van der Waals surface area contributed by atoms with Crippen LogP contribution in [0.2, 0.25) is 0 Å². The Hall–Kier alpha value is -3.12. The van der Waals surface area contributed by atoms with Crippen LogP contribution in [0.5, 0.6) is 5.75 Å². The molecule has 2 amide bonds. The van der Waals surface area contributed by atoms with Crippen molar-refractivity contribution in [2.75, 3.05) is 44.6 Å². The lowest BCUT2D eigenvalue weighted by Gasteiger charge is -2.33. The van der Waals surface area contributed by atoms with Crippen molar-refractivity contribution in [1.29, 1.82) is 0 Å². The number of nitrogens with zero attached hydrogens (tertiary/aromatic N) is 2. The molecule has 1 aliphatic rings. The summed E-state index contributed by atoms with van der Waals surface area (Å²) in [5.41, 5.74) is 2.89. The summed E-state index contributed by atoms with van der Waals surface area (Å²) in [5, 5.41) is 3.01. The van der Waals surface area contributed by atoms with Crippen molar-refractivity contribution in [2.24, 2.45) is 0 Å². The summed E-state index contributed by atoms with van der Waals surface area (Å²) < 4.78 is 5.60. The Kier molecular flexibility index (Phi) is 8.24. The molecule has 1 aliphatic heterocycles. The number of ether oxygens (including phenoxy) is 1. The summed E-state index contributed by atoms with van der Waals surface area (Å²) in [6.07, 6.45) is 4.28. The number of piperazine rings is 1. The lowest BCUT2D eigenvalue weighted by atomic mass is 10.1. The monoisotopic (exact) mass is 421 g/mol. The predicted molar refractivity (Wildman–Crippen MR) is 124 cm³/mol. The summed E-state index contributed by atoms with van der Waals surface area (Å²) >= 11 is 0. The van der Waals surface area contributed by atoms with Gasteiger partial charge in [-0.25, -0.2) is 0 Å². The van der Waals surface area contributed by atoms with Crippen LogP contribution in [-0.2, 0) is 16.0 Å². The molecule has 0 unspecified atom stereocenters. The van der Waals surface area contributed by atoms with Crippen LogP contribution in [0.15, 0.2) is 54.6 Å². The fraction of sp³-hybridized carbons (Fsp3) is 0.360. The Labute approximate surface area is 184 Å². The van der Waals surface area contributed by atoms with E-state index in [1.165, 1.54) is 0 Å². The van der Waals surface area contributed by atoms with Gasteiger partial charge in [0.15, 0.2) is 0 Å². The van der Waals surface area contributed by atoms with E-state index in [0.717, 1.165) is 29.0 Å². The minimum absolute atomic E-state index is 0.0203. The maximum atomic E-state index is 12.6. The predicted octanol–water partition coefficient (Wildman–Crippen LogP) is 3.44. The third-order valence-corrected chi connectivity index (χ3v) is 5.35. The number of hydrogen-bond donors (Lipinski definition) is 1. The van der Waals surface area contributed by atoms with E-state index in [0.29, 0.717) is 39.3 Å². The molecule has 164 valence electrons. The molecule has 31 heavy (non-hydrogen) atoms. The van der Waals surface area contributed by atoms with Crippen molar-refractivity contribution in [3.05, 3.63) is 65.7 Å². The third-order valence-electron chi connectivity index (χ3n) is 5.35. The zero-order valence-corrected chi connectivity index (χ0v) is 18.3. The highest BCUT2D eigenvalue weighted by atomic mass is 16.5. The highest BCUT2D eigenvalue weighted by Crippen LogP contribution is 2.19. The maximum Gasteiger partial charge on any atom is 0.246 e. The van der Waals surface area contributed by atoms with Crippen LogP contribution in [0.1, 0.15) is 25.0 Å². The number of hydrogen-bond acceptors (Lipinski definition) is 4. The van der Waals surface area contributed by atoms with Gasteiger partial charge in [0.2, 0.25) is 11.8 Å². The van der Waals surface area contributed by atoms with Crippen molar-refractivity contribution in [2.45, 2.75) is 20.3 Å². The van der Waals surface area contributed by atoms with E-state index in [9.17, 15) is 9.59 Å². The van der Waals surface area contributed by atoms with Gasteiger partial charge in [-0.2, -0.15) is 0 Å². The summed E-state index contributed by atoms with van der Waals surface area (Å²) in [6.45, 7) is 7.50. The maximum absolute atomic E-state index is 12.6. The first-order valence-electron chi connectivity index (χ1n) is 10.9. The molecule has 2 aromatic rings. The summed E-state index contributed by atoms with van der Waals surface area (Å²) in [5.74, 6) is 0.731. The van der Waals surface area contributed by atoms with Crippen LogP contribution in [0, 0.1) is 0 Å². The first kappa shape index (κ1) is 22.6. The molecule has 0 saturated carbocycles. The number of carbonyl (C=O) groups excluding carboxylic acids is 2. The van der Waals surface area contributed by atoms with Crippen LogP contribution >= 0.6 is 0 Å². The Morgan fingerprint density at radius 2 is 1.71 bits per heavy atom. The fourth-order valence-electron chi connectivity index (χ4n) is 3.64. The smallest absolute Gasteiger partial charge is 0.246 e. The van der Waals surface area contributed by atoms with E-state index in [2.05, 4.69) is 17.1 Å². The molecule has 6 heteroatoms. The van der Waals surface area contributed by atoms with Crippen molar-refractivity contribution in [3.8, 4) is 5.75 Å². The molecule has 1 fully saturated rings. The van der Waals surface area contributed by atoms with Crippen molar-refractivity contribution >= 4 is 23.6 Å². The van der Waals surface area contributed by atoms with Crippen molar-refractivity contribution in [1.82, 2.24) is 9.80 Å². The lowest BCUT2D eigenvalue weighted by Crippen LogP contribution is -2.50. The quantitative estimate of drug-likeness (QED) is 0.664. The molecule has 1 saturated heterocycles. The number of rotatable bonds is 8. The number of carbonyl (C=O) groups is 2. The highest BCUT2D eigenvalue weighted by molar-refractivity contribution is 5.93. The van der Waals surface area contributed by atoms with E-state index >= 15 is 0 Å². The van der Waals surface area contributed by atoms with Gasteiger partial charge < -0.3 is 15.0 Å². The van der Waals surface area contributed by atoms with Gasteiger partial charge in [-0.1, -0.05) is 43.3 Å². The average Bonchev–Trinajstić information content (AvgIpc) is 2.79. The van der Waals surface area contributed by atoms with E-state index in [1.54, 1.807) is 12.2 Å². The lowest BCUT2D eigenvalue weighted by molar-refractivity contribution is -0.127. The number of nitrogens with one attached hydrogen (secondary N) is 1. The molecule has 2 aromatic carbocycles. The van der Waals surface area contributed by atoms with Gasteiger partial charge in [-0.05, 0) is 37.1 Å². The number of para-hydroxylation sites is 2. The van der Waals surface area contributed by atoms with Gasteiger partial charge in [0.25, 0.3) is 0 Å². The number of aryl methyl sites for hydroxylation is 1. The van der Waals surface area contributed by atoms with Crippen LogP contribution in [0.3, 0.4) is 0 Å². The second-order valence-electron chi connectivity index (χ2n) is 7.46. The molecular weight excluding hydrogens is 390 g/mol. The standard InChI is InChI=1S/C25H31N3O3/c1-3-20-9-5-7-11-22(20)26-24(29)19-27-15-17-28(18-16-27)25(30)14-13-21-10-6-8-12-23(21)31-4-2/h5-14H,3-4,15-19H2,1-2H3,(H,26,29)/b14-13+.